The van der Waals surface area contributed by atoms with E-state index in [4.69, 9.17) is 5.73 Å². The molecule has 0 aliphatic carbocycles. The molecule has 0 fully saturated rings. The van der Waals surface area contributed by atoms with E-state index in [-0.39, 0.29) is 5.91 Å². The first kappa shape index (κ1) is 13.2. The summed E-state index contributed by atoms with van der Waals surface area (Å²) in [4.78, 5) is 19.3. The third-order valence-electron chi connectivity index (χ3n) is 3.48. The van der Waals surface area contributed by atoms with Gasteiger partial charge in [-0.05, 0) is 48.4 Å². The molecule has 0 aliphatic rings. The standard InChI is InChI=1S/C16H16N4O/c1-10-4-5-18-8-12(10)9-19-16(21)15-7-11-6-13(17)2-3-14(11)20-15/h2-8,20H,9,17H2,1H3,(H,19,21). The molecular formula is C16H16N4O. The maximum Gasteiger partial charge on any atom is 0.267 e. The molecule has 0 bridgehead atoms. The van der Waals surface area contributed by atoms with Gasteiger partial charge in [0.25, 0.3) is 5.91 Å². The Labute approximate surface area is 122 Å². The van der Waals surface area contributed by atoms with E-state index in [0.29, 0.717) is 17.9 Å². The lowest BCUT2D eigenvalue weighted by Crippen LogP contribution is -2.23. The fraction of sp³-hybridized carbons (Fsp3) is 0.125. The molecule has 0 unspecified atom stereocenters. The summed E-state index contributed by atoms with van der Waals surface area (Å²) in [6, 6.07) is 9.24. The number of hydrogen-bond donors (Lipinski definition) is 3. The van der Waals surface area contributed by atoms with Crippen molar-refractivity contribution < 1.29 is 4.79 Å². The number of nitrogen functional groups attached to an aromatic ring is 1. The smallest absolute Gasteiger partial charge is 0.267 e. The van der Waals surface area contributed by atoms with Gasteiger partial charge in [0, 0.05) is 35.5 Å². The second kappa shape index (κ2) is 5.28. The number of nitrogens with one attached hydrogen (secondary N) is 2. The summed E-state index contributed by atoms with van der Waals surface area (Å²) in [7, 11) is 0. The third-order valence-corrected chi connectivity index (χ3v) is 3.48. The van der Waals surface area contributed by atoms with Crippen molar-refractivity contribution in [1.29, 1.82) is 0 Å². The van der Waals surface area contributed by atoms with Gasteiger partial charge in [-0.3, -0.25) is 9.78 Å². The molecule has 0 saturated carbocycles. The maximum absolute atomic E-state index is 12.2. The number of benzene rings is 1. The van der Waals surface area contributed by atoms with Gasteiger partial charge in [-0.25, -0.2) is 0 Å². The van der Waals surface area contributed by atoms with E-state index < -0.39 is 0 Å². The second-order valence-corrected chi connectivity index (χ2v) is 5.01. The topological polar surface area (TPSA) is 83.8 Å². The predicted octanol–water partition coefficient (Wildman–Crippen LogP) is 2.38. The van der Waals surface area contributed by atoms with Crippen LogP contribution in [0.4, 0.5) is 5.69 Å². The molecule has 21 heavy (non-hydrogen) atoms. The molecule has 1 aromatic carbocycles. The van der Waals surface area contributed by atoms with Gasteiger partial charge in [0.05, 0.1) is 0 Å². The van der Waals surface area contributed by atoms with Crippen molar-refractivity contribution in [2.45, 2.75) is 13.5 Å². The normalized spacial score (nSPS) is 10.7. The highest BCUT2D eigenvalue weighted by atomic mass is 16.1. The summed E-state index contributed by atoms with van der Waals surface area (Å²) in [5.74, 6) is -0.145. The Bertz CT molecular complexity index is 807. The Morgan fingerprint density at radius 2 is 2.19 bits per heavy atom. The summed E-state index contributed by atoms with van der Waals surface area (Å²) >= 11 is 0. The number of aromatic nitrogens is 2. The summed E-state index contributed by atoms with van der Waals surface area (Å²) < 4.78 is 0. The zero-order valence-corrected chi connectivity index (χ0v) is 11.7. The molecule has 0 saturated heterocycles. The summed E-state index contributed by atoms with van der Waals surface area (Å²) in [5.41, 5.74) is 9.95. The number of fused-ring (bicyclic) bond motifs is 1. The Kier molecular flexibility index (Phi) is 3.31. The minimum absolute atomic E-state index is 0.145. The number of pyridine rings is 1. The van der Waals surface area contributed by atoms with Gasteiger partial charge < -0.3 is 16.0 Å². The summed E-state index contributed by atoms with van der Waals surface area (Å²) in [5, 5.41) is 3.82. The lowest BCUT2D eigenvalue weighted by Gasteiger charge is -2.06. The van der Waals surface area contributed by atoms with E-state index in [2.05, 4.69) is 15.3 Å². The number of nitrogens with zero attached hydrogens (tertiary/aromatic N) is 1. The fourth-order valence-corrected chi connectivity index (χ4v) is 2.23. The van der Waals surface area contributed by atoms with E-state index in [1.807, 2.05) is 25.1 Å². The van der Waals surface area contributed by atoms with Crippen molar-refractivity contribution >= 4 is 22.5 Å². The molecule has 1 amide bonds. The number of aromatic amines is 1. The monoisotopic (exact) mass is 280 g/mol. The first-order valence-corrected chi connectivity index (χ1v) is 6.69. The van der Waals surface area contributed by atoms with Crippen LogP contribution < -0.4 is 11.1 Å². The van der Waals surface area contributed by atoms with E-state index in [0.717, 1.165) is 22.0 Å². The van der Waals surface area contributed by atoms with Crippen molar-refractivity contribution in [1.82, 2.24) is 15.3 Å². The number of rotatable bonds is 3. The van der Waals surface area contributed by atoms with Crippen molar-refractivity contribution in [3.63, 3.8) is 0 Å². The molecule has 4 N–H and O–H groups in total. The average Bonchev–Trinajstić information content (AvgIpc) is 2.89. The number of anilines is 1. The highest BCUT2D eigenvalue weighted by Gasteiger charge is 2.10. The van der Waals surface area contributed by atoms with Crippen molar-refractivity contribution in [2.75, 3.05) is 5.73 Å². The Morgan fingerprint density at radius 3 is 3.00 bits per heavy atom. The van der Waals surface area contributed by atoms with Crippen LogP contribution in [0.15, 0.2) is 42.7 Å². The van der Waals surface area contributed by atoms with E-state index >= 15 is 0 Å². The van der Waals surface area contributed by atoms with Crippen LogP contribution in [-0.2, 0) is 6.54 Å². The molecule has 0 aliphatic heterocycles. The van der Waals surface area contributed by atoms with Gasteiger partial charge in [0.15, 0.2) is 0 Å². The van der Waals surface area contributed by atoms with Crippen molar-refractivity contribution in [2.24, 2.45) is 0 Å². The molecular weight excluding hydrogens is 264 g/mol. The lowest BCUT2D eigenvalue weighted by molar-refractivity contribution is 0.0946. The van der Waals surface area contributed by atoms with Gasteiger partial charge in [0.2, 0.25) is 0 Å². The minimum atomic E-state index is -0.145. The number of amides is 1. The Hall–Kier alpha value is -2.82. The van der Waals surface area contributed by atoms with Crippen LogP contribution in [0.3, 0.4) is 0 Å². The quantitative estimate of drug-likeness (QED) is 0.644. The molecule has 0 spiro atoms. The number of H-pyrrole nitrogens is 1. The van der Waals surface area contributed by atoms with Crippen LogP contribution in [-0.4, -0.2) is 15.9 Å². The molecule has 3 rings (SSSR count). The number of nitrogens with two attached hydrogens (primary N) is 1. The molecule has 0 atom stereocenters. The van der Waals surface area contributed by atoms with Gasteiger partial charge in [0.1, 0.15) is 5.69 Å². The van der Waals surface area contributed by atoms with Gasteiger partial charge in [-0.1, -0.05) is 0 Å². The van der Waals surface area contributed by atoms with Crippen LogP contribution in [0.25, 0.3) is 10.9 Å². The first-order valence-electron chi connectivity index (χ1n) is 6.69. The van der Waals surface area contributed by atoms with Crippen LogP contribution in [0.2, 0.25) is 0 Å². The third kappa shape index (κ3) is 2.72. The van der Waals surface area contributed by atoms with Crippen LogP contribution in [0, 0.1) is 6.92 Å². The van der Waals surface area contributed by atoms with E-state index in [1.54, 1.807) is 24.5 Å². The summed E-state index contributed by atoms with van der Waals surface area (Å²) in [6.45, 7) is 2.45. The molecule has 2 aromatic heterocycles. The van der Waals surface area contributed by atoms with E-state index in [9.17, 15) is 4.79 Å². The minimum Gasteiger partial charge on any atom is -0.399 e. The van der Waals surface area contributed by atoms with Crippen molar-refractivity contribution in [3.05, 3.63) is 59.5 Å². The van der Waals surface area contributed by atoms with Gasteiger partial charge >= 0.3 is 0 Å². The van der Waals surface area contributed by atoms with Crippen LogP contribution in [0.1, 0.15) is 21.6 Å². The number of carbonyl (C=O) groups is 1. The summed E-state index contributed by atoms with van der Waals surface area (Å²) in [6.07, 6.45) is 3.50. The van der Waals surface area contributed by atoms with E-state index in [1.165, 1.54) is 0 Å². The molecule has 2 heterocycles. The lowest BCUT2D eigenvalue weighted by atomic mass is 10.1. The zero-order chi connectivity index (χ0) is 14.8. The Morgan fingerprint density at radius 1 is 1.33 bits per heavy atom. The average molecular weight is 280 g/mol. The Balaban J connectivity index is 1.76. The largest absolute Gasteiger partial charge is 0.399 e. The second-order valence-electron chi connectivity index (χ2n) is 5.01. The van der Waals surface area contributed by atoms with Crippen LogP contribution in [0.5, 0.6) is 0 Å². The fourth-order valence-electron chi connectivity index (χ4n) is 2.23. The predicted molar refractivity (Wildman–Crippen MR) is 82.9 cm³/mol. The number of carbonyl (C=O) groups excluding carboxylic acids is 1. The molecule has 5 nitrogen and oxygen atoms in total. The molecule has 3 aromatic rings. The molecule has 0 radical (unpaired) electrons. The zero-order valence-electron chi connectivity index (χ0n) is 11.7. The van der Waals surface area contributed by atoms with Gasteiger partial charge in [-0.15, -0.1) is 0 Å². The van der Waals surface area contributed by atoms with Gasteiger partial charge in [-0.2, -0.15) is 0 Å². The highest BCUT2D eigenvalue weighted by Crippen LogP contribution is 2.18. The first-order chi connectivity index (χ1) is 10.1. The SMILES string of the molecule is Cc1ccncc1CNC(=O)c1cc2cc(N)ccc2[nH]1. The number of hydrogen-bond acceptors (Lipinski definition) is 3. The maximum atomic E-state index is 12.2. The van der Waals surface area contributed by atoms with Crippen molar-refractivity contribution in [3.8, 4) is 0 Å². The molecule has 106 valence electrons. The molecule has 5 heteroatoms. The highest BCUT2D eigenvalue weighted by molar-refractivity contribution is 5.98. The number of aryl methyl sites for hydroxylation is 1. The van der Waals surface area contributed by atoms with Crippen LogP contribution >= 0.6 is 0 Å².